The number of hydrogen-bond acceptors (Lipinski definition) is 6. The van der Waals surface area contributed by atoms with Crippen LogP contribution < -0.4 is 20.0 Å². The van der Waals surface area contributed by atoms with Crippen LogP contribution >= 0.6 is 0 Å². The van der Waals surface area contributed by atoms with Gasteiger partial charge in [0.2, 0.25) is 0 Å². The second kappa shape index (κ2) is 9.22. The van der Waals surface area contributed by atoms with Crippen LogP contribution in [0, 0.1) is 0 Å². The molecule has 0 spiro atoms. The molecular weight excluding hydrogens is 336 g/mol. The van der Waals surface area contributed by atoms with Crippen molar-refractivity contribution >= 4 is 17.6 Å². The van der Waals surface area contributed by atoms with Gasteiger partial charge >= 0.3 is 0 Å². The highest BCUT2D eigenvalue weighted by Gasteiger charge is 2.06. The van der Waals surface area contributed by atoms with E-state index in [4.69, 9.17) is 9.47 Å². The molecule has 1 amide bonds. The number of carbonyl (C=O) groups excluding carboxylic acids is 2. The van der Waals surface area contributed by atoms with Crippen LogP contribution in [-0.2, 0) is 4.79 Å². The molecular formula is C19H19N2O5-. The number of amides is 1. The predicted octanol–water partition coefficient (Wildman–Crippen LogP) is 1.37. The van der Waals surface area contributed by atoms with E-state index in [-0.39, 0.29) is 5.91 Å². The molecule has 0 fully saturated rings. The van der Waals surface area contributed by atoms with Gasteiger partial charge in [-0.05, 0) is 50.2 Å². The van der Waals surface area contributed by atoms with Crippen molar-refractivity contribution in [3.8, 4) is 11.5 Å². The van der Waals surface area contributed by atoms with Gasteiger partial charge < -0.3 is 19.4 Å². The minimum atomic E-state index is -1.30. The van der Waals surface area contributed by atoms with E-state index in [1.54, 1.807) is 55.5 Å². The van der Waals surface area contributed by atoms with Crippen molar-refractivity contribution in [1.82, 2.24) is 5.43 Å². The lowest BCUT2D eigenvalue weighted by atomic mass is 10.1. The highest BCUT2D eigenvalue weighted by atomic mass is 16.5. The van der Waals surface area contributed by atoms with Crippen LogP contribution in [0.3, 0.4) is 0 Å². The Morgan fingerprint density at radius 2 is 1.77 bits per heavy atom. The van der Waals surface area contributed by atoms with E-state index in [1.807, 2.05) is 6.92 Å². The molecule has 0 aliphatic rings. The fourth-order valence-corrected chi connectivity index (χ4v) is 2.09. The molecule has 2 rings (SSSR count). The van der Waals surface area contributed by atoms with Crippen LogP contribution in [0.1, 0.15) is 29.8 Å². The largest absolute Gasteiger partial charge is 0.546 e. The molecule has 0 saturated carbocycles. The monoisotopic (exact) mass is 355 g/mol. The normalized spacial score (nSPS) is 10.9. The Hall–Kier alpha value is -3.35. The Morgan fingerprint density at radius 1 is 1.04 bits per heavy atom. The molecule has 2 aromatic rings. The summed E-state index contributed by atoms with van der Waals surface area (Å²) in [5.41, 5.74) is 4.17. The van der Waals surface area contributed by atoms with Gasteiger partial charge in [0.15, 0.2) is 0 Å². The van der Waals surface area contributed by atoms with Gasteiger partial charge in [0.1, 0.15) is 18.1 Å². The number of nitrogens with one attached hydrogen (secondary N) is 1. The molecule has 0 aliphatic heterocycles. The third-order valence-electron chi connectivity index (χ3n) is 3.36. The van der Waals surface area contributed by atoms with E-state index in [0.29, 0.717) is 34.9 Å². The number of hydrogen-bond donors (Lipinski definition) is 1. The number of ether oxygens (including phenoxy) is 2. The van der Waals surface area contributed by atoms with Gasteiger partial charge in [-0.25, -0.2) is 5.43 Å². The van der Waals surface area contributed by atoms with Crippen LogP contribution in [0.2, 0.25) is 0 Å². The Morgan fingerprint density at radius 3 is 2.42 bits per heavy atom. The van der Waals surface area contributed by atoms with Crippen molar-refractivity contribution in [3.63, 3.8) is 0 Å². The van der Waals surface area contributed by atoms with E-state index >= 15 is 0 Å². The van der Waals surface area contributed by atoms with Crippen LogP contribution in [0.4, 0.5) is 0 Å². The number of carbonyl (C=O) groups is 2. The lowest BCUT2D eigenvalue weighted by Crippen LogP contribution is -2.28. The second-order valence-corrected chi connectivity index (χ2v) is 5.28. The molecule has 26 heavy (non-hydrogen) atoms. The van der Waals surface area contributed by atoms with Crippen LogP contribution in [0.25, 0.3) is 0 Å². The Bertz CT molecular complexity index is 800. The van der Waals surface area contributed by atoms with Gasteiger partial charge in [0, 0.05) is 11.1 Å². The van der Waals surface area contributed by atoms with Crippen molar-refractivity contribution in [2.24, 2.45) is 5.10 Å². The van der Waals surface area contributed by atoms with E-state index < -0.39 is 12.6 Å². The zero-order valence-electron chi connectivity index (χ0n) is 14.5. The number of carboxylic acid groups (broad SMARTS) is 1. The second-order valence-electron chi connectivity index (χ2n) is 5.28. The number of hydrazone groups is 1. The van der Waals surface area contributed by atoms with Crippen molar-refractivity contribution in [3.05, 3.63) is 59.7 Å². The third kappa shape index (κ3) is 5.62. The molecule has 1 N–H and O–H groups in total. The minimum Gasteiger partial charge on any atom is -0.546 e. The zero-order chi connectivity index (χ0) is 18.9. The summed E-state index contributed by atoms with van der Waals surface area (Å²) in [5.74, 6) is -0.587. The summed E-state index contributed by atoms with van der Waals surface area (Å²) in [6.45, 7) is 3.63. The number of rotatable bonds is 8. The smallest absolute Gasteiger partial charge is 0.271 e. The van der Waals surface area contributed by atoms with Crippen molar-refractivity contribution < 1.29 is 24.2 Å². The molecule has 0 heterocycles. The molecule has 7 nitrogen and oxygen atoms in total. The molecule has 2 aromatic carbocycles. The minimum absolute atomic E-state index is 0.350. The van der Waals surface area contributed by atoms with Gasteiger partial charge in [0.05, 0.1) is 18.3 Å². The zero-order valence-corrected chi connectivity index (χ0v) is 14.5. The summed E-state index contributed by atoms with van der Waals surface area (Å²) in [4.78, 5) is 22.6. The number of benzene rings is 2. The average Bonchev–Trinajstić information content (AvgIpc) is 2.65. The van der Waals surface area contributed by atoms with Crippen molar-refractivity contribution in [1.29, 1.82) is 0 Å². The first-order valence-corrected chi connectivity index (χ1v) is 8.00. The number of nitrogens with zero attached hydrogens (tertiary/aromatic N) is 1. The molecule has 136 valence electrons. The summed E-state index contributed by atoms with van der Waals surface area (Å²) >= 11 is 0. The van der Waals surface area contributed by atoms with Gasteiger partial charge in [-0.15, -0.1) is 0 Å². The Labute approximate surface area is 151 Å². The lowest BCUT2D eigenvalue weighted by molar-refractivity contribution is -0.307. The fourth-order valence-electron chi connectivity index (χ4n) is 2.09. The third-order valence-corrected chi connectivity index (χ3v) is 3.36. The van der Waals surface area contributed by atoms with E-state index in [2.05, 4.69) is 10.5 Å². The molecule has 0 saturated heterocycles. The highest BCUT2D eigenvalue weighted by Crippen LogP contribution is 2.14. The SMILES string of the molecule is CCOc1ccc(C(=O)N/N=C(/C)c2cccc(OCC(=O)[O-])c2)cc1. The fraction of sp³-hybridized carbons (Fsp3) is 0.211. The standard InChI is InChI=1S/C19H20N2O5/c1-3-25-16-9-7-14(8-10-16)19(24)21-20-13(2)15-5-4-6-17(11-15)26-12-18(22)23/h4-11H,3,12H2,1-2H3,(H,21,24)(H,22,23)/p-1/b20-13-. The topological polar surface area (TPSA) is 100 Å². The summed E-state index contributed by atoms with van der Waals surface area (Å²) in [6, 6.07) is 13.5. The van der Waals surface area contributed by atoms with Gasteiger partial charge in [-0.1, -0.05) is 12.1 Å². The number of aliphatic carboxylic acids is 1. The van der Waals surface area contributed by atoms with Crippen LogP contribution in [0.15, 0.2) is 53.6 Å². The number of carboxylic acids is 1. The van der Waals surface area contributed by atoms with Crippen molar-refractivity contribution in [2.75, 3.05) is 13.2 Å². The summed E-state index contributed by atoms with van der Waals surface area (Å²) < 4.78 is 10.4. The maximum atomic E-state index is 12.1. The van der Waals surface area contributed by atoms with Crippen molar-refractivity contribution in [2.45, 2.75) is 13.8 Å². The predicted molar refractivity (Wildman–Crippen MR) is 94.2 cm³/mol. The van der Waals surface area contributed by atoms with Gasteiger partial charge in [0.25, 0.3) is 5.91 Å². The van der Waals surface area contributed by atoms with Gasteiger partial charge in [-0.3, -0.25) is 4.79 Å². The summed E-state index contributed by atoms with van der Waals surface area (Å²) in [5, 5.41) is 14.5. The summed E-state index contributed by atoms with van der Waals surface area (Å²) in [6.07, 6.45) is 0. The first-order chi connectivity index (χ1) is 12.5. The maximum Gasteiger partial charge on any atom is 0.271 e. The maximum absolute atomic E-state index is 12.1. The highest BCUT2D eigenvalue weighted by molar-refractivity contribution is 6.01. The Kier molecular flexibility index (Phi) is 6.73. The molecule has 0 radical (unpaired) electrons. The van der Waals surface area contributed by atoms with E-state index in [1.165, 1.54) is 0 Å². The quantitative estimate of drug-likeness (QED) is 0.569. The molecule has 0 aliphatic carbocycles. The molecule has 0 aromatic heterocycles. The van der Waals surface area contributed by atoms with Gasteiger partial charge in [-0.2, -0.15) is 5.10 Å². The first-order valence-electron chi connectivity index (χ1n) is 8.00. The summed E-state index contributed by atoms with van der Waals surface area (Å²) in [7, 11) is 0. The van der Waals surface area contributed by atoms with E-state index in [0.717, 1.165) is 0 Å². The lowest BCUT2D eigenvalue weighted by Gasteiger charge is -2.08. The average molecular weight is 355 g/mol. The molecule has 0 atom stereocenters. The van der Waals surface area contributed by atoms with E-state index in [9.17, 15) is 14.7 Å². The molecule has 0 bridgehead atoms. The van der Waals surface area contributed by atoms with Crippen LogP contribution in [-0.4, -0.2) is 30.8 Å². The molecule has 0 unspecified atom stereocenters. The molecule has 7 heteroatoms. The first kappa shape index (κ1) is 19.0. The Balaban J connectivity index is 2.01. The van der Waals surface area contributed by atoms with Crippen LogP contribution in [0.5, 0.6) is 11.5 Å².